The average molecular weight is 269 g/mol. The Morgan fingerprint density at radius 2 is 2.05 bits per heavy atom. The third-order valence-electron chi connectivity index (χ3n) is 2.47. The van der Waals surface area contributed by atoms with Gasteiger partial charge in [0.05, 0.1) is 0 Å². The van der Waals surface area contributed by atoms with E-state index in [0.717, 1.165) is 0 Å². The molecule has 0 aliphatic heterocycles. The van der Waals surface area contributed by atoms with Gasteiger partial charge in [-0.15, -0.1) is 10.2 Å². The first-order valence-corrected chi connectivity index (χ1v) is 5.86. The molecule has 7 heteroatoms. The second-order valence-electron chi connectivity index (χ2n) is 4.04. The summed E-state index contributed by atoms with van der Waals surface area (Å²) in [6, 6.07) is 8.69. The van der Waals surface area contributed by atoms with Gasteiger partial charge in [-0.05, 0) is 12.1 Å². The van der Waals surface area contributed by atoms with Crippen LogP contribution in [-0.2, 0) is 0 Å². The number of aromatic nitrogens is 4. The highest BCUT2D eigenvalue weighted by molar-refractivity contribution is 5.49. The Hall–Kier alpha value is -2.96. The lowest BCUT2D eigenvalue weighted by Crippen LogP contribution is -1.92. The zero-order chi connectivity index (χ0) is 13.9. The van der Waals surface area contributed by atoms with Gasteiger partial charge in [-0.1, -0.05) is 6.07 Å². The van der Waals surface area contributed by atoms with Crippen LogP contribution < -0.4 is 10.5 Å². The van der Waals surface area contributed by atoms with Crippen LogP contribution in [0.2, 0.25) is 0 Å². The van der Waals surface area contributed by atoms with Gasteiger partial charge in [-0.3, -0.25) is 0 Å². The van der Waals surface area contributed by atoms with E-state index >= 15 is 0 Å². The predicted octanol–water partition coefficient (Wildman–Crippen LogP) is 2.21. The van der Waals surface area contributed by atoms with E-state index < -0.39 is 0 Å². The highest BCUT2D eigenvalue weighted by atomic mass is 16.5. The van der Waals surface area contributed by atoms with E-state index in [1.54, 1.807) is 37.3 Å². The van der Waals surface area contributed by atoms with Crippen LogP contribution in [0.3, 0.4) is 0 Å². The van der Waals surface area contributed by atoms with E-state index in [-0.39, 0.29) is 0 Å². The van der Waals surface area contributed by atoms with Gasteiger partial charge < -0.3 is 14.9 Å². The van der Waals surface area contributed by atoms with Gasteiger partial charge in [-0.2, -0.15) is 0 Å². The van der Waals surface area contributed by atoms with Crippen molar-refractivity contribution in [2.24, 2.45) is 0 Å². The fourth-order valence-electron chi connectivity index (χ4n) is 1.61. The Kier molecular flexibility index (Phi) is 3.00. The van der Waals surface area contributed by atoms with Crippen molar-refractivity contribution in [1.82, 2.24) is 20.2 Å². The molecule has 2 aromatic heterocycles. The second-order valence-corrected chi connectivity index (χ2v) is 4.04. The molecule has 3 aromatic rings. The molecule has 0 aliphatic rings. The van der Waals surface area contributed by atoms with Crippen LogP contribution in [0, 0.1) is 6.92 Å². The fraction of sp³-hybridized carbons (Fsp3) is 0.0769. The SMILES string of the molecule is Cc1nnc(-c2cc(Oc3cccc(N)c3)ncn2)o1. The minimum atomic E-state index is 0.322. The summed E-state index contributed by atoms with van der Waals surface area (Å²) in [6.45, 7) is 1.71. The summed E-state index contributed by atoms with van der Waals surface area (Å²) in [5.74, 6) is 1.76. The molecule has 20 heavy (non-hydrogen) atoms. The molecule has 0 radical (unpaired) electrons. The molecule has 0 bridgehead atoms. The van der Waals surface area contributed by atoms with Crippen LogP contribution in [0.1, 0.15) is 5.89 Å². The highest BCUT2D eigenvalue weighted by Gasteiger charge is 2.09. The number of anilines is 1. The zero-order valence-electron chi connectivity index (χ0n) is 10.6. The number of rotatable bonds is 3. The molecule has 7 nitrogen and oxygen atoms in total. The molecule has 0 fully saturated rings. The third-order valence-corrected chi connectivity index (χ3v) is 2.47. The Labute approximate surface area is 114 Å². The summed E-state index contributed by atoms with van der Waals surface area (Å²) in [7, 11) is 0. The van der Waals surface area contributed by atoms with E-state index in [9.17, 15) is 0 Å². The number of nitrogen functional groups attached to an aromatic ring is 1. The van der Waals surface area contributed by atoms with Crippen LogP contribution in [0.25, 0.3) is 11.6 Å². The maximum Gasteiger partial charge on any atom is 0.266 e. The summed E-state index contributed by atoms with van der Waals surface area (Å²) in [6.07, 6.45) is 1.37. The first-order valence-electron chi connectivity index (χ1n) is 5.86. The molecular formula is C13H11N5O2. The maximum atomic E-state index is 5.69. The Morgan fingerprint density at radius 3 is 2.80 bits per heavy atom. The first-order chi connectivity index (χ1) is 9.70. The van der Waals surface area contributed by atoms with Gasteiger partial charge >= 0.3 is 0 Å². The number of hydrogen-bond donors (Lipinski definition) is 1. The van der Waals surface area contributed by atoms with E-state index in [2.05, 4.69) is 20.2 Å². The van der Waals surface area contributed by atoms with E-state index in [1.807, 2.05) is 0 Å². The van der Waals surface area contributed by atoms with E-state index in [4.69, 9.17) is 14.9 Å². The van der Waals surface area contributed by atoms with Crippen molar-refractivity contribution in [2.75, 3.05) is 5.73 Å². The van der Waals surface area contributed by atoms with Gasteiger partial charge in [0.2, 0.25) is 11.8 Å². The summed E-state index contributed by atoms with van der Waals surface area (Å²) < 4.78 is 10.9. The van der Waals surface area contributed by atoms with Crippen LogP contribution >= 0.6 is 0 Å². The van der Waals surface area contributed by atoms with Crippen molar-refractivity contribution in [3.05, 3.63) is 42.5 Å². The molecule has 3 rings (SSSR count). The number of aryl methyl sites for hydroxylation is 1. The normalized spacial score (nSPS) is 10.4. The molecular weight excluding hydrogens is 258 g/mol. The molecule has 0 saturated carbocycles. The van der Waals surface area contributed by atoms with Crippen molar-refractivity contribution in [1.29, 1.82) is 0 Å². The molecule has 2 N–H and O–H groups in total. The molecule has 0 aliphatic carbocycles. The van der Waals surface area contributed by atoms with Gasteiger partial charge in [0.25, 0.3) is 5.89 Å². The van der Waals surface area contributed by atoms with Crippen LogP contribution in [-0.4, -0.2) is 20.2 Å². The van der Waals surface area contributed by atoms with Crippen LogP contribution in [0.5, 0.6) is 11.6 Å². The molecule has 0 saturated heterocycles. The Balaban J connectivity index is 1.88. The maximum absolute atomic E-state index is 5.69. The fourth-order valence-corrected chi connectivity index (χ4v) is 1.61. The number of ether oxygens (including phenoxy) is 1. The van der Waals surface area contributed by atoms with E-state index in [1.165, 1.54) is 6.33 Å². The quantitative estimate of drug-likeness (QED) is 0.727. The Morgan fingerprint density at radius 1 is 1.15 bits per heavy atom. The van der Waals surface area contributed by atoms with Crippen molar-refractivity contribution >= 4 is 5.69 Å². The predicted molar refractivity (Wildman–Crippen MR) is 71.0 cm³/mol. The molecule has 2 heterocycles. The highest BCUT2D eigenvalue weighted by Crippen LogP contribution is 2.24. The van der Waals surface area contributed by atoms with Crippen molar-refractivity contribution in [2.45, 2.75) is 6.92 Å². The molecule has 0 atom stereocenters. The number of nitrogens with two attached hydrogens (primary N) is 1. The molecule has 0 spiro atoms. The number of hydrogen-bond acceptors (Lipinski definition) is 7. The number of benzene rings is 1. The van der Waals surface area contributed by atoms with Gasteiger partial charge in [0, 0.05) is 24.7 Å². The van der Waals surface area contributed by atoms with Gasteiger partial charge in [0.1, 0.15) is 17.8 Å². The standard InChI is InChI=1S/C13H11N5O2/c1-8-17-18-13(19-8)11-6-12(16-7-15-11)20-10-4-2-3-9(14)5-10/h2-7H,14H2,1H3. The molecule has 0 unspecified atom stereocenters. The van der Waals surface area contributed by atoms with Crippen molar-refractivity contribution in [3.63, 3.8) is 0 Å². The first kappa shape index (κ1) is 12.1. The molecule has 0 amide bonds. The smallest absolute Gasteiger partial charge is 0.266 e. The summed E-state index contributed by atoms with van der Waals surface area (Å²) in [5.41, 5.74) is 6.80. The Bertz CT molecular complexity index is 741. The van der Waals surface area contributed by atoms with Crippen molar-refractivity contribution < 1.29 is 9.15 Å². The van der Waals surface area contributed by atoms with E-state index in [0.29, 0.717) is 34.8 Å². The minimum absolute atomic E-state index is 0.322. The third kappa shape index (κ3) is 2.56. The van der Waals surface area contributed by atoms with Crippen LogP contribution in [0.4, 0.5) is 5.69 Å². The summed E-state index contributed by atoms with van der Waals surface area (Å²) >= 11 is 0. The summed E-state index contributed by atoms with van der Waals surface area (Å²) in [5, 5.41) is 7.65. The monoisotopic (exact) mass is 269 g/mol. The van der Waals surface area contributed by atoms with Gasteiger partial charge in [-0.25, -0.2) is 9.97 Å². The lowest BCUT2D eigenvalue weighted by atomic mass is 10.3. The van der Waals surface area contributed by atoms with Crippen molar-refractivity contribution in [3.8, 4) is 23.2 Å². The molecule has 1 aromatic carbocycles. The second kappa shape index (κ2) is 4.96. The van der Waals surface area contributed by atoms with Crippen LogP contribution in [0.15, 0.2) is 41.1 Å². The lowest BCUT2D eigenvalue weighted by Gasteiger charge is -2.05. The van der Waals surface area contributed by atoms with Gasteiger partial charge in [0.15, 0.2) is 0 Å². The topological polar surface area (TPSA) is 100.0 Å². The average Bonchev–Trinajstić information content (AvgIpc) is 2.86. The summed E-state index contributed by atoms with van der Waals surface area (Å²) in [4.78, 5) is 8.10. The molecule has 100 valence electrons. The minimum Gasteiger partial charge on any atom is -0.439 e. The number of nitrogens with zero attached hydrogens (tertiary/aromatic N) is 4. The largest absolute Gasteiger partial charge is 0.439 e. The zero-order valence-corrected chi connectivity index (χ0v) is 10.6. The lowest BCUT2D eigenvalue weighted by molar-refractivity contribution is 0.461.